The van der Waals surface area contributed by atoms with Gasteiger partial charge in [0, 0.05) is 26.3 Å². The highest BCUT2D eigenvalue weighted by molar-refractivity contribution is 5.78. The lowest BCUT2D eigenvalue weighted by atomic mass is 10.1. The van der Waals surface area contributed by atoms with Crippen LogP contribution in [0.4, 0.5) is 0 Å². The van der Waals surface area contributed by atoms with E-state index in [0.717, 1.165) is 38.9 Å². The highest BCUT2D eigenvalue weighted by Crippen LogP contribution is 2.19. The predicted octanol–water partition coefficient (Wildman–Crippen LogP) is 11.2. The number of allylic oxidation sites excluding steroid dienone is 8. The Morgan fingerprint density at radius 2 is 0.872 bits per heavy atom. The molecule has 0 aromatic heterocycles. The van der Waals surface area contributed by atoms with Gasteiger partial charge in [0.2, 0.25) is 5.91 Å². The van der Waals surface area contributed by atoms with Gasteiger partial charge in [0.25, 0.3) is 0 Å². The molecule has 2 N–H and O–H groups in total. The molecule has 0 aromatic carbocycles. The average Bonchev–Trinajstić information content (AvgIpc) is 3.49. The summed E-state index contributed by atoms with van der Waals surface area (Å²) in [5.74, 6) is -0.00728. The number of unbranched alkanes of at least 4 members (excludes halogenated alkanes) is 18. The van der Waals surface area contributed by atoms with Crippen LogP contribution in [-0.2, 0) is 14.3 Å². The largest absolute Gasteiger partial charge is 0.374 e. The third kappa shape index (κ3) is 26.9. The highest BCUT2D eigenvalue weighted by Gasteiger charge is 2.36. The Morgan fingerprint density at radius 1 is 0.532 bits per heavy atom. The van der Waals surface area contributed by atoms with Gasteiger partial charge in [-0.15, -0.1) is 0 Å². The lowest BCUT2D eigenvalue weighted by Gasteiger charge is -2.19. The molecule has 272 valence electrons. The molecular formula is C42H76N2O3. The molecule has 0 radical (unpaired) electrons. The first-order valence-corrected chi connectivity index (χ1v) is 20.0. The Bertz CT molecular complexity index is 748. The van der Waals surface area contributed by atoms with E-state index in [1.807, 2.05) is 4.90 Å². The van der Waals surface area contributed by atoms with Gasteiger partial charge in [0.1, 0.15) is 12.2 Å². The molecule has 1 amide bonds. The SMILES string of the molecule is CCCCCC=CCC=CCCCCCCCCO[C@@H]1CN(C(=O)CN)C[C@H]1OCCCCCCCCC=CCC=CCCCCC. The van der Waals surface area contributed by atoms with E-state index in [0.29, 0.717) is 13.1 Å². The van der Waals surface area contributed by atoms with Gasteiger partial charge in [-0.05, 0) is 77.0 Å². The topological polar surface area (TPSA) is 64.8 Å². The number of hydrogen-bond donors (Lipinski definition) is 1. The van der Waals surface area contributed by atoms with Gasteiger partial charge in [-0.3, -0.25) is 4.79 Å². The number of likely N-dealkylation sites (tertiary alicyclic amines) is 1. The molecule has 5 nitrogen and oxygen atoms in total. The van der Waals surface area contributed by atoms with Gasteiger partial charge in [-0.25, -0.2) is 0 Å². The minimum Gasteiger partial charge on any atom is -0.374 e. The Morgan fingerprint density at radius 3 is 1.23 bits per heavy atom. The zero-order chi connectivity index (χ0) is 33.9. The van der Waals surface area contributed by atoms with Crippen molar-refractivity contribution in [3.63, 3.8) is 0 Å². The van der Waals surface area contributed by atoms with Crippen LogP contribution in [-0.4, -0.2) is 55.9 Å². The van der Waals surface area contributed by atoms with Crippen molar-refractivity contribution in [2.45, 2.75) is 180 Å². The molecule has 0 saturated carbocycles. The van der Waals surface area contributed by atoms with Crippen LogP contribution in [0.2, 0.25) is 0 Å². The Balaban J connectivity index is 2.05. The Hall–Kier alpha value is -1.69. The summed E-state index contributed by atoms with van der Waals surface area (Å²) in [6.07, 6.45) is 48.3. The van der Waals surface area contributed by atoms with Gasteiger partial charge in [-0.2, -0.15) is 0 Å². The molecule has 0 aliphatic carbocycles. The van der Waals surface area contributed by atoms with Crippen LogP contribution in [0.1, 0.15) is 168 Å². The smallest absolute Gasteiger partial charge is 0.236 e. The molecule has 2 atom stereocenters. The van der Waals surface area contributed by atoms with Crippen LogP contribution in [0.3, 0.4) is 0 Å². The fourth-order valence-electron chi connectivity index (χ4n) is 6.05. The van der Waals surface area contributed by atoms with E-state index in [2.05, 4.69) is 62.5 Å². The number of carbonyl (C=O) groups is 1. The van der Waals surface area contributed by atoms with E-state index in [1.165, 1.54) is 128 Å². The first-order valence-electron chi connectivity index (χ1n) is 20.0. The fraction of sp³-hybridized carbons (Fsp3) is 0.786. The van der Waals surface area contributed by atoms with E-state index in [4.69, 9.17) is 15.2 Å². The normalized spacial score (nSPS) is 17.1. The summed E-state index contributed by atoms with van der Waals surface area (Å²) < 4.78 is 12.5. The number of rotatable bonds is 33. The molecule has 1 aliphatic heterocycles. The summed E-state index contributed by atoms with van der Waals surface area (Å²) >= 11 is 0. The molecule has 0 spiro atoms. The zero-order valence-electron chi connectivity index (χ0n) is 31.0. The van der Waals surface area contributed by atoms with Crippen molar-refractivity contribution in [2.75, 3.05) is 32.8 Å². The van der Waals surface area contributed by atoms with Crippen molar-refractivity contribution in [3.05, 3.63) is 48.6 Å². The predicted molar refractivity (Wildman–Crippen MR) is 204 cm³/mol. The van der Waals surface area contributed by atoms with Crippen molar-refractivity contribution >= 4 is 5.91 Å². The lowest BCUT2D eigenvalue weighted by molar-refractivity contribution is -0.129. The van der Waals surface area contributed by atoms with E-state index < -0.39 is 0 Å². The molecule has 1 aliphatic rings. The van der Waals surface area contributed by atoms with Crippen LogP contribution < -0.4 is 5.73 Å². The molecule has 1 saturated heterocycles. The quantitative estimate of drug-likeness (QED) is 0.0564. The van der Waals surface area contributed by atoms with E-state index in [-0.39, 0.29) is 24.7 Å². The van der Waals surface area contributed by atoms with Gasteiger partial charge in [0.15, 0.2) is 0 Å². The summed E-state index contributed by atoms with van der Waals surface area (Å²) in [4.78, 5) is 14.1. The van der Waals surface area contributed by atoms with E-state index >= 15 is 0 Å². The van der Waals surface area contributed by atoms with Crippen LogP contribution in [0.25, 0.3) is 0 Å². The first kappa shape index (κ1) is 43.3. The summed E-state index contributed by atoms with van der Waals surface area (Å²) in [6.45, 7) is 7.26. The highest BCUT2D eigenvalue weighted by atomic mass is 16.5. The summed E-state index contributed by atoms with van der Waals surface area (Å²) in [5.41, 5.74) is 5.65. The molecule has 1 heterocycles. The van der Waals surface area contributed by atoms with Crippen molar-refractivity contribution in [1.82, 2.24) is 4.90 Å². The van der Waals surface area contributed by atoms with Crippen LogP contribution in [0.5, 0.6) is 0 Å². The molecule has 47 heavy (non-hydrogen) atoms. The summed E-state index contributed by atoms with van der Waals surface area (Å²) in [6, 6.07) is 0. The minimum absolute atomic E-state index is 0.00728. The second-order valence-electron chi connectivity index (χ2n) is 13.5. The molecule has 1 fully saturated rings. The van der Waals surface area contributed by atoms with Crippen molar-refractivity contribution in [3.8, 4) is 0 Å². The van der Waals surface area contributed by atoms with Gasteiger partial charge in [-0.1, -0.05) is 140 Å². The zero-order valence-corrected chi connectivity index (χ0v) is 31.0. The minimum atomic E-state index is -0.0342. The number of hydrogen-bond acceptors (Lipinski definition) is 4. The van der Waals surface area contributed by atoms with Crippen LogP contribution in [0, 0.1) is 0 Å². The third-order valence-corrected chi connectivity index (χ3v) is 9.10. The summed E-state index contributed by atoms with van der Waals surface area (Å²) in [7, 11) is 0. The fourth-order valence-corrected chi connectivity index (χ4v) is 6.05. The number of nitrogens with zero attached hydrogens (tertiary/aromatic N) is 1. The number of ether oxygens (including phenoxy) is 2. The molecule has 5 heteroatoms. The molecular weight excluding hydrogens is 580 g/mol. The first-order chi connectivity index (χ1) is 23.2. The maximum atomic E-state index is 12.2. The lowest BCUT2D eigenvalue weighted by Crippen LogP contribution is -2.35. The second kappa shape index (κ2) is 34.2. The molecule has 0 aromatic rings. The van der Waals surface area contributed by atoms with Crippen molar-refractivity contribution in [1.29, 1.82) is 0 Å². The number of carbonyl (C=O) groups excluding carboxylic acids is 1. The van der Waals surface area contributed by atoms with E-state index in [1.54, 1.807) is 0 Å². The number of amides is 1. The summed E-state index contributed by atoms with van der Waals surface area (Å²) in [5, 5.41) is 0. The Labute approximate surface area is 291 Å². The second-order valence-corrected chi connectivity index (χ2v) is 13.5. The molecule has 0 unspecified atom stereocenters. The van der Waals surface area contributed by atoms with Crippen LogP contribution in [0.15, 0.2) is 48.6 Å². The molecule has 0 bridgehead atoms. The Kier molecular flexibility index (Phi) is 31.5. The monoisotopic (exact) mass is 657 g/mol. The maximum absolute atomic E-state index is 12.2. The average molecular weight is 657 g/mol. The standard InChI is InChI=1S/C42H76N2O3/c1-3-5-7-9-11-13-15-17-19-21-23-25-27-29-31-33-35-46-40-38-44(42(45)37-43)39-41(40)47-36-34-32-30-28-26-24-22-20-18-16-14-12-10-8-6-4-2/h11-14,17-20,40-41H,3-10,15-16,21-39,43H2,1-2H3/t40-,41-/m1/s1. The molecule has 1 rings (SSSR count). The van der Waals surface area contributed by atoms with E-state index in [9.17, 15) is 4.79 Å². The van der Waals surface area contributed by atoms with Gasteiger partial charge >= 0.3 is 0 Å². The van der Waals surface area contributed by atoms with Gasteiger partial charge < -0.3 is 20.1 Å². The van der Waals surface area contributed by atoms with Gasteiger partial charge in [0.05, 0.1) is 6.54 Å². The third-order valence-electron chi connectivity index (χ3n) is 9.10. The maximum Gasteiger partial charge on any atom is 0.236 e. The number of nitrogens with two attached hydrogens (primary N) is 1. The van der Waals surface area contributed by atoms with Crippen LogP contribution >= 0.6 is 0 Å². The van der Waals surface area contributed by atoms with Crippen molar-refractivity contribution in [2.24, 2.45) is 5.73 Å². The van der Waals surface area contributed by atoms with Crippen molar-refractivity contribution < 1.29 is 14.3 Å².